The first kappa shape index (κ1) is 18.5. The van der Waals surface area contributed by atoms with Crippen LogP contribution >= 0.6 is 0 Å². The Morgan fingerprint density at radius 1 is 1.18 bits per heavy atom. The molecule has 0 aliphatic carbocycles. The van der Waals surface area contributed by atoms with Crippen LogP contribution in [-0.2, 0) is 16.0 Å². The summed E-state index contributed by atoms with van der Waals surface area (Å²) in [4.78, 5) is 29.0. The minimum atomic E-state index is -0.307. The molecular formula is C22H23FN2O3. The summed E-state index contributed by atoms with van der Waals surface area (Å²) in [5.41, 5.74) is 1.43. The maximum Gasteiger partial charge on any atom is 0.227 e. The number of carbonyl (C=O) groups is 2. The normalized spacial score (nSPS) is 21.6. The molecule has 0 unspecified atom stereocenters. The van der Waals surface area contributed by atoms with Gasteiger partial charge in [-0.05, 0) is 36.2 Å². The van der Waals surface area contributed by atoms with Crippen molar-refractivity contribution in [2.45, 2.75) is 19.3 Å². The fraction of sp³-hybridized carbons (Fsp3) is 0.364. The standard InChI is InChI=1S/C22H23FN2O3/c1-28-19-4-2-3-18(12-19)25-15-22(13-21(25)27)9-10-24(14-22)20(26)11-16-5-7-17(23)8-6-16/h2-8,12H,9-11,13-15H2,1H3/t22-/m1/s1. The van der Waals surface area contributed by atoms with Crippen LogP contribution in [0.25, 0.3) is 0 Å². The number of methoxy groups -OCH3 is 1. The van der Waals surface area contributed by atoms with Crippen LogP contribution in [-0.4, -0.2) is 43.5 Å². The average Bonchev–Trinajstić information content (AvgIpc) is 3.26. The number of hydrogen-bond donors (Lipinski definition) is 0. The molecule has 0 saturated carbocycles. The molecule has 2 aromatic carbocycles. The van der Waals surface area contributed by atoms with Gasteiger partial charge in [0.05, 0.1) is 13.5 Å². The molecule has 0 aromatic heterocycles. The van der Waals surface area contributed by atoms with E-state index in [0.717, 1.165) is 17.7 Å². The van der Waals surface area contributed by atoms with Crippen molar-refractivity contribution in [1.29, 1.82) is 0 Å². The molecule has 1 spiro atoms. The van der Waals surface area contributed by atoms with Gasteiger partial charge >= 0.3 is 0 Å². The van der Waals surface area contributed by atoms with Gasteiger partial charge in [0, 0.05) is 43.2 Å². The maximum absolute atomic E-state index is 13.0. The van der Waals surface area contributed by atoms with Crippen LogP contribution in [0.4, 0.5) is 10.1 Å². The van der Waals surface area contributed by atoms with E-state index in [2.05, 4.69) is 0 Å². The lowest BCUT2D eigenvalue weighted by Crippen LogP contribution is -2.34. The monoisotopic (exact) mass is 382 g/mol. The van der Waals surface area contributed by atoms with Crippen LogP contribution in [0.5, 0.6) is 5.75 Å². The van der Waals surface area contributed by atoms with Crippen molar-refractivity contribution in [2.24, 2.45) is 5.41 Å². The van der Waals surface area contributed by atoms with E-state index in [0.29, 0.717) is 31.8 Å². The number of anilines is 1. The molecule has 5 nitrogen and oxygen atoms in total. The maximum atomic E-state index is 13.0. The lowest BCUT2D eigenvalue weighted by atomic mass is 9.86. The van der Waals surface area contributed by atoms with Gasteiger partial charge in [0.1, 0.15) is 11.6 Å². The number of ether oxygens (including phenoxy) is 1. The molecule has 0 bridgehead atoms. The van der Waals surface area contributed by atoms with E-state index in [4.69, 9.17) is 4.74 Å². The molecule has 4 rings (SSSR count). The van der Waals surface area contributed by atoms with Gasteiger partial charge in [-0.2, -0.15) is 0 Å². The van der Waals surface area contributed by atoms with Crippen molar-refractivity contribution < 1.29 is 18.7 Å². The zero-order chi connectivity index (χ0) is 19.7. The second-order valence-electron chi connectivity index (χ2n) is 7.73. The van der Waals surface area contributed by atoms with Crippen LogP contribution in [0.2, 0.25) is 0 Å². The van der Waals surface area contributed by atoms with E-state index in [1.807, 2.05) is 29.2 Å². The quantitative estimate of drug-likeness (QED) is 0.817. The lowest BCUT2D eigenvalue weighted by molar-refractivity contribution is -0.130. The highest BCUT2D eigenvalue weighted by molar-refractivity contribution is 5.96. The predicted octanol–water partition coefficient (Wildman–Crippen LogP) is 3.03. The highest BCUT2D eigenvalue weighted by Crippen LogP contribution is 2.42. The molecule has 2 saturated heterocycles. The second kappa shape index (κ2) is 7.26. The molecular weight excluding hydrogens is 359 g/mol. The Bertz CT molecular complexity index is 899. The van der Waals surface area contributed by atoms with Crippen molar-refractivity contribution in [1.82, 2.24) is 4.90 Å². The first-order valence-corrected chi connectivity index (χ1v) is 9.45. The van der Waals surface area contributed by atoms with Crippen LogP contribution in [0.1, 0.15) is 18.4 Å². The molecule has 2 fully saturated rings. The number of rotatable bonds is 4. The first-order chi connectivity index (χ1) is 13.5. The minimum Gasteiger partial charge on any atom is -0.497 e. The highest BCUT2D eigenvalue weighted by atomic mass is 19.1. The third kappa shape index (κ3) is 3.59. The summed E-state index contributed by atoms with van der Waals surface area (Å²) in [5.74, 6) is 0.518. The summed E-state index contributed by atoms with van der Waals surface area (Å²) >= 11 is 0. The van der Waals surface area contributed by atoms with Crippen molar-refractivity contribution in [3.8, 4) is 5.75 Å². The number of nitrogens with zero attached hydrogens (tertiary/aromatic N) is 2. The van der Waals surface area contributed by atoms with Crippen molar-refractivity contribution in [2.75, 3.05) is 31.6 Å². The van der Waals surface area contributed by atoms with Crippen LogP contribution in [0, 0.1) is 11.2 Å². The molecule has 6 heteroatoms. The van der Waals surface area contributed by atoms with Crippen molar-refractivity contribution in [3.05, 3.63) is 59.9 Å². The molecule has 146 valence electrons. The van der Waals surface area contributed by atoms with Crippen LogP contribution in [0.3, 0.4) is 0 Å². The Morgan fingerprint density at radius 2 is 1.96 bits per heavy atom. The molecule has 2 amide bonds. The van der Waals surface area contributed by atoms with Crippen LogP contribution < -0.4 is 9.64 Å². The fourth-order valence-electron chi connectivity index (χ4n) is 4.22. The molecule has 0 N–H and O–H groups in total. The van der Waals surface area contributed by atoms with Crippen molar-refractivity contribution >= 4 is 17.5 Å². The van der Waals surface area contributed by atoms with Crippen LogP contribution in [0.15, 0.2) is 48.5 Å². The Kier molecular flexibility index (Phi) is 4.79. The Balaban J connectivity index is 1.43. The summed E-state index contributed by atoms with van der Waals surface area (Å²) in [6.45, 7) is 1.85. The molecule has 2 aliphatic heterocycles. The molecule has 1 atom stereocenters. The van der Waals surface area contributed by atoms with E-state index in [1.54, 1.807) is 24.1 Å². The predicted molar refractivity (Wildman–Crippen MR) is 104 cm³/mol. The average molecular weight is 382 g/mol. The summed E-state index contributed by atoms with van der Waals surface area (Å²) in [6.07, 6.45) is 1.52. The Labute approximate surface area is 163 Å². The Morgan fingerprint density at radius 3 is 2.71 bits per heavy atom. The summed E-state index contributed by atoms with van der Waals surface area (Å²) < 4.78 is 18.3. The molecule has 2 aliphatic rings. The first-order valence-electron chi connectivity index (χ1n) is 9.45. The fourth-order valence-corrected chi connectivity index (χ4v) is 4.22. The van der Waals surface area contributed by atoms with E-state index >= 15 is 0 Å². The van der Waals surface area contributed by atoms with E-state index < -0.39 is 0 Å². The zero-order valence-corrected chi connectivity index (χ0v) is 15.9. The van der Waals surface area contributed by atoms with Crippen molar-refractivity contribution in [3.63, 3.8) is 0 Å². The van der Waals surface area contributed by atoms with E-state index in [-0.39, 0.29) is 29.5 Å². The molecule has 2 aromatic rings. The molecule has 2 heterocycles. The number of amides is 2. The minimum absolute atomic E-state index is 0.0239. The SMILES string of the molecule is COc1cccc(N2C[C@]3(CCN(C(=O)Cc4ccc(F)cc4)C3)CC2=O)c1. The van der Waals surface area contributed by atoms with Gasteiger partial charge in [0.2, 0.25) is 11.8 Å². The number of hydrogen-bond acceptors (Lipinski definition) is 3. The lowest BCUT2D eigenvalue weighted by Gasteiger charge is -2.24. The number of halogens is 1. The van der Waals surface area contributed by atoms with Gasteiger partial charge in [0.15, 0.2) is 0 Å². The smallest absolute Gasteiger partial charge is 0.227 e. The van der Waals surface area contributed by atoms with Gasteiger partial charge in [0.25, 0.3) is 0 Å². The largest absolute Gasteiger partial charge is 0.497 e. The third-order valence-corrected chi connectivity index (χ3v) is 5.75. The summed E-state index contributed by atoms with van der Waals surface area (Å²) in [7, 11) is 1.61. The number of carbonyl (C=O) groups excluding carboxylic acids is 2. The second-order valence-corrected chi connectivity index (χ2v) is 7.73. The zero-order valence-electron chi connectivity index (χ0n) is 15.9. The third-order valence-electron chi connectivity index (χ3n) is 5.75. The molecule has 0 radical (unpaired) electrons. The van der Waals surface area contributed by atoms with Gasteiger partial charge in [-0.25, -0.2) is 4.39 Å². The van der Waals surface area contributed by atoms with Gasteiger partial charge in [-0.1, -0.05) is 18.2 Å². The number of benzene rings is 2. The van der Waals surface area contributed by atoms with E-state index in [1.165, 1.54) is 12.1 Å². The molecule has 28 heavy (non-hydrogen) atoms. The number of likely N-dealkylation sites (tertiary alicyclic amines) is 1. The summed E-state index contributed by atoms with van der Waals surface area (Å²) in [5, 5.41) is 0. The van der Waals surface area contributed by atoms with Gasteiger partial charge in [-0.3, -0.25) is 9.59 Å². The summed E-state index contributed by atoms with van der Waals surface area (Å²) in [6, 6.07) is 13.5. The Hall–Kier alpha value is -2.89. The van der Waals surface area contributed by atoms with Gasteiger partial charge in [-0.15, -0.1) is 0 Å². The topological polar surface area (TPSA) is 49.9 Å². The van der Waals surface area contributed by atoms with Gasteiger partial charge < -0.3 is 14.5 Å². The highest BCUT2D eigenvalue weighted by Gasteiger charge is 2.48. The van der Waals surface area contributed by atoms with E-state index in [9.17, 15) is 14.0 Å².